The number of carbonyl (C=O) groups is 2. The molecular formula is C8H17N3O4. The van der Waals surface area contributed by atoms with Gasteiger partial charge in [-0.05, 0) is 19.4 Å². The van der Waals surface area contributed by atoms with Crippen molar-refractivity contribution in [1.82, 2.24) is 5.32 Å². The summed E-state index contributed by atoms with van der Waals surface area (Å²) >= 11 is 0. The van der Waals surface area contributed by atoms with Crippen molar-refractivity contribution in [2.75, 3.05) is 13.1 Å². The molecule has 7 nitrogen and oxygen atoms in total. The fraction of sp³-hybridized carbons (Fsp3) is 0.750. The Balaban J connectivity index is 3.40. The summed E-state index contributed by atoms with van der Waals surface area (Å²) in [5, 5.41) is 19.7. The van der Waals surface area contributed by atoms with Crippen molar-refractivity contribution in [3.05, 3.63) is 0 Å². The van der Waals surface area contributed by atoms with Crippen molar-refractivity contribution in [2.45, 2.75) is 24.9 Å². The van der Waals surface area contributed by atoms with Gasteiger partial charge in [0.2, 0.25) is 0 Å². The molecule has 2 atom stereocenters. The lowest BCUT2D eigenvalue weighted by atomic mass is 10.2. The van der Waals surface area contributed by atoms with E-state index in [-0.39, 0.29) is 6.54 Å². The largest absolute Gasteiger partial charge is 0.480 e. The van der Waals surface area contributed by atoms with E-state index in [1.54, 1.807) is 0 Å². The molecule has 0 aromatic carbocycles. The fourth-order valence-electron chi connectivity index (χ4n) is 0.915. The summed E-state index contributed by atoms with van der Waals surface area (Å²) < 4.78 is 0. The molecule has 0 heterocycles. The van der Waals surface area contributed by atoms with Crippen molar-refractivity contribution in [3.8, 4) is 0 Å². The van der Waals surface area contributed by atoms with Gasteiger partial charge >= 0.3 is 11.9 Å². The maximum atomic E-state index is 10.3. The zero-order valence-corrected chi connectivity index (χ0v) is 8.35. The summed E-state index contributed by atoms with van der Waals surface area (Å²) in [6, 6.07) is -1.79. The predicted octanol–water partition coefficient (Wildman–Crippen LogP) is -1.82. The summed E-state index contributed by atoms with van der Waals surface area (Å²) in [4.78, 5) is 20.6. The highest BCUT2D eigenvalue weighted by molar-refractivity contribution is 5.73. The molecule has 0 spiro atoms. The molecule has 0 radical (unpaired) electrons. The van der Waals surface area contributed by atoms with Gasteiger partial charge < -0.3 is 27.0 Å². The maximum absolute atomic E-state index is 10.3. The second-order valence-electron chi connectivity index (χ2n) is 3.24. The van der Waals surface area contributed by atoms with E-state index in [0.717, 1.165) is 0 Å². The van der Waals surface area contributed by atoms with Crippen molar-refractivity contribution < 1.29 is 19.8 Å². The minimum absolute atomic E-state index is 0.164. The van der Waals surface area contributed by atoms with Crippen molar-refractivity contribution in [1.29, 1.82) is 0 Å². The van der Waals surface area contributed by atoms with Gasteiger partial charge in [0, 0.05) is 6.54 Å². The van der Waals surface area contributed by atoms with Crippen LogP contribution >= 0.6 is 0 Å². The first-order valence-electron chi connectivity index (χ1n) is 4.62. The highest BCUT2D eigenvalue weighted by atomic mass is 16.4. The molecule has 0 aliphatic heterocycles. The molecule has 7 heteroatoms. The molecule has 0 fully saturated rings. The Kier molecular flexibility index (Phi) is 6.59. The van der Waals surface area contributed by atoms with Crippen LogP contribution in [-0.4, -0.2) is 47.3 Å². The molecule has 0 aliphatic carbocycles. The van der Waals surface area contributed by atoms with E-state index >= 15 is 0 Å². The van der Waals surface area contributed by atoms with Crippen LogP contribution in [-0.2, 0) is 9.59 Å². The summed E-state index contributed by atoms with van der Waals surface area (Å²) in [6.07, 6.45) is 0.921. The van der Waals surface area contributed by atoms with Gasteiger partial charge in [-0.2, -0.15) is 0 Å². The first kappa shape index (κ1) is 13.8. The molecule has 0 bridgehead atoms. The average Bonchev–Trinajstić information content (AvgIpc) is 2.16. The van der Waals surface area contributed by atoms with Gasteiger partial charge in [0.05, 0.1) is 0 Å². The van der Waals surface area contributed by atoms with Crippen LogP contribution in [0.4, 0.5) is 0 Å². The van der Waals surface area contributed by atoms with Gasteiger partial charge in [-0.3, -0.25) is 9.59 Å². The van der Waals surface area contributed by atoms with Crippen LogP contribution in [0.25, 0.3) is 0 Å². The molecule has 15 heavy (non-hydrogen) atoms. The van der Waals surface area contributed by atoms with Crippen molar-refractivity contribution in [3.63, 3.8) is 0 Å². The lowest BCUT2D eigenvalue weighted by Crippen LogP contribution is -2.40. The van der Waals surface area contributed by atoms with Gasteiger partial charge in [-0.25, -0.2) is 0 Å². The Hall–Kier alpha value is -1.18. The fourth-order valence-corrected chi connectivity index (χ4v) is 0.915. The first-order chi connectivity index (χ1) is 6.95. The number of aliphatic carboxylic acids is 2. The van der Waals surface area contributed by atoms with E-state index in [9.17, 15) is 9.59 Å². The number of nitrogens with one attached hydrogen (secondary N) is 1. The van der Waals surface area contributed by atoms with Crippen LogP contribution < -0.4 is 16.8 Å². The zero-order chi connectivity index (χ0) is 11.8. The summed E-state index contributed by atoms with van der Waals surface area (Å²) in [5.41, 5.74) is 10.5. The van der Waals surface area contributed by atoms with Crippen LogP contribution in [0.1, 0.15) is 12.8 Å². The molecule has 2 unspecified atom stereocenters. The highest BCUT2D eigenvalue weighted by Gasteiger charge is 2.11. The molecule has 0 saturated carbocycles. The average molecular weight is 219 g/mol. The van der Waals surface area contributed by atoms with Crippen LogP contribution in [0.5, 0.6) is 0 Å². The van der Waals surface area contributed by atoms with E-state index < -0.39 is 24.0 Å². The maximum Gasteiger partial charge on any atom is 0.321 e. The number of hydrogen-bond acceptors (Lipinski definition) is 5. The third kappa shape index (κ3) is 6.83. The predicted molar refractivity (Wildman–Crippen MR) is 53.3 cm³/mol. The molecular weight excluding hydrogens is 202 g/mol. The third-order valence-corrected chi connectivity index (χ3v) is 1.87. The number of nitrogens with two attached hydrogens (primary N) is 2. The van der Waals surface area contributed by atoms with E-state index in [4.69, 9.17) is 21.7 Å². The number of carboxylic acid groups (broad SMARTS) is 2. The van der Waals surface area contributed by atoms with E-state index in [2.05, 4.69) is 5.32 Å². The van der Waals surface area contributed by atoms with E-state index in [1.165, 1.54) is 0 Å². The summed E-state index contributed by atoms with van der Waals surface area (Å²) in [7, 11) is 0. The lowest BCUT2D eigenvalue weighted by molar-refractivity contribution is -0.139. The van der Waals surface area contributed by atoms with Crippen LogP contribution in [0.2, 0.25) is 0 Å². The Morgan fingerprint density at radius 1 is 1.13 bits per heavy atom. The molecule has 0 saturated heterocycles. The number of rotatable bonds is 8. The Morgan fingerprint density at radius 3 is 2.13 bits per heavy atom. The van der Waals surface area contributed by atoms with E-state index in [1.807, 2.05) is 0 Å². The monoisotopic (exact) mass is 219 g/mol. The minimum atomic E-state index is -1.07. The van der Waals surface area contributed by atoms with Crippen molar-refractivity contribution >= 4 is 11.9 Å². The molecule has 0 aliphatic rings. The van der Waals surface area contributed by atoms with Gasteiger partial charge in [0.15, 0.2) is 0 Å². The highest BCUT2D eigenvalue weighted by Crippen LogP contribution is 1.92. The van der Waals surface area contributed by atoms with Crippen LogP contribution in [0.3, 0.4) is 0 Å². The normalized spacial score (nSPS) is 14.5. The molecule has 7 N–H and O–H groups in total. The molecule has 0 amide bonds. The van der Waals surface area contributed by atoms with Gasteiger partial charge in [0.25, 0.3) is 0 Å². The molecule has 88 valence electrons. The third-order valence-electron chi connectivity index (χ3n) is 1.87. The summed E-state index contributed by atoms with van der Waals surface area (Å²) in [6.45, 7) is 0.666. The number of carboxylic acids is 2. The topological polar surface area (TPSA) is 139 Å². The van der Waals surface area contributed by atoms with Gasteiger partial charge in [-0.15, -0.1) is 0 Å². The number of hydrogen-bond donors (Lipinski definition) is 5. The zero-order valence-electron chi connectivity index (χ0n) is 8.35. The Bertz CT molecular complexity index is 200. The van der Waals surface area contributed by atoms with Crippen LogP contribution in [0.15, 0.2) is 0 Å². The lowest BCUT2D eigenvalue weighted by Gasteiger charge is -2.09. The Labute approximate surface area is 87.4 Å². The second-order valence-corrected chi connectivity index (χ2v) is 3.24. The molecule has 0 aromatic heterocycles. The Morgan fingerprint density at radius 2 is 1.67 bits per heavy atom. The van der Waals surface area contributed by atoms with E-state index in [0.29, 0.717) is 19.4 Å². The van der Waals surface area contributed by atoms with Crippen LogP contribution in [0, 0.1) is 0 Å². The van der Waals surface area contributed by atoms with Gasteiger partial charge in [0.1, 0.15) is 12.1 Å². The molecule has 0 rings (SSSR count). The van der Waals surface area contributed by atoms with Crippen molar-refractivity contribution in [2.24, 2.45) is 11.5 Å². The quantitative estimate of drug-likeness (QED) is 0.303. The minimum Gasteiger partial charge on any atom is -0.480 e. The second kappa shape index (κ2) is 7.16. The standard InChI is InChI=1S/C8H17N3O4/c9-5(7(12)13)2-1-3-11-4-6(10)8(14)15/h5-6,11H,1-4,9-10H2,(H,12,13)(H,14,15). The SMILES string of the molecule is NC(CCCNCC(N)C(=O)O)C(=O)O. The smallest absolute Gasteiger partial charge is 0.321 e. The molecule has 0 aromatic rings. The summed E-state index contributed by atoms with van der Waals surface area (Å²) in [5.74, 6) is -2.10. The van der Waals surface area contributed by atoms with Gasteiger partial charge in [-0.1, -0.05) is 0 Å². The first-order valence-corrected chi connectivity index (χ1v) is 4.62.